The molecule has 2 aliphatic rings. The van der Waals surface area contributed by atoms with E-state index in [9.17, 15) is 13.2 Å². The number of sulfone groups is 1. The van der Waals surface area contributed by atoms with E-state index in [1.165, 1.54) is 0 Å². The van der Waals surface area contributed by atoms with E-state index in [1.807, 2.05) is 6.07 Å². The van der Waals surface area contributed by atoms with Gasteiger partial charge in [0, 0.05) is 11.7 Å². The molecule has 0 spiro atoms. The second kappa shape index (κ2) is 4.93. The molecule has 1 aromatic rings. The maximum Gasteiger partial charge on any atom is 0.228 e. The van der Waals surface area contributed by atoms with Crippen molar-refractivity contribution in [3.63, 3.8) is 0 Å². The minimum Gasteiger partial charge on any atom is -0.381 e. The molecule has 0 saturated carbocycles. The molecule has 0 aromatic heterocycles. The summed E-state index contributed by atoms with van der Waals surface area (Å²) in [6, 6.07) is 3.72. The lowest BCUT2D eigenvalue weighted by atomic mass is 10.1. The Morgan fingerprint density at radius 2 is 1.95 bits per heavy atom. The van der Waals surface area contributed by atoms with E-state index in [1.54, 1.807) is 6.07 Å². The van der Waals surface area contributed by atoms with Crippen LogP contribution in [-0.2, 0) is 21.1 Å². The second-order valence-electron chi connectivity index (χ2n) is 5.28. The molecular weight excluding hydrogens is 300 g/mol. The summed E-state index contributed by atoms with van der Waals surface area (Å²) in [5, 5.41) is 6.59. The van der Waals surface area contributed by atoms with Crippen molar-refractivity contribution in [3.8, 4) is 0 Å². The minimum absolute atomic E-state index is 0.0306. The Morgan fingerprint density at radius 1 is 1.25 bits per heavy atom. The molecule has 3 rings (SSSR count). The van der Waals surface area contributed by atoms with Gasteiger partial charge in [-0.05, 0) is 30.5 Å². The molecule has 108 valence electrons. The van der Waals surface area contributed by atoms with Crippen molar-refractivity contribution in [2.24, 2.45) is 0 Å². The third-order valence-corrected chi connectivity index (χ3v) is 5.76. The van der Waals surface area contributed by atoms with E-state index in [2.05, 4.69) is 10.6 Å². The molecule has 1 fully saturated rings. The first-order valence-corrected chi connectivity index (χ1v) is 8.72. The average molecular weight is 315 g/mol. The minimum atomic E-state index is -2.86. The predicted molar refractivity (Wildman–Crippen MR) is 79.1 cm³/mol. The van der Waals surface area contributed by atoms with Crippen molar-refractivity contribution in [2.75, 3.05) is 22.1 Å². The topological polar surface area (TPSA) is 75.3 Å². The summed E-state index contributed by atoms with van der Waals surface area (Å²) in [6.07, 6.45) is 1.54. The first-order chi connectivity index (χ1) is 9.43. The molecule has 2 aliphatic heterocycles. The molecule has 0 bridgehead atoms. The van der Waals surface area contributed by atoms with Gasteiger partial charge in [0.25, 0.3) is 0 Å². The number of rotatable bonds is 2. The first-order valence-electron chi connectivity index (χ1n) is 6.52. The largest absolute Gasteiger partial charge is 0.381 e. The van der Waals surface area contributed by atoms with Crippen LogP contribution in [0.15, 0.2) is 12.1 Å². The monoisotopic (exact) mass is 314 g/mol. The number of amides is 1. The van der Waals surface area contributed by atoms with Gasteiger partial charge in [-0.2, -0.15) is 0 Å². The smallest absolute Gasteiger partial charge is 0.228 e. The Morgan fingerprint density at radius 3 is 2.65 bits per heavy atom. The SMILES string of the molecule is O=C1Cc2cc(NC3CCS(=O)(=O)CC3)c(Cl)cc2N1. The number of nitrogens with one attached hydrogen (secondary N) is 2. The van der Waals surface area contributed by atoms with E-state index >= 15 is 0 Å². The third kappa shape index (κ3) is 2.76. The van der Waals surface area contributed by atoms with Gasteiger partial charge in [-0.3, -0.25) is 4.79 Å². The Hall–Kier alpha value is -1.27. The summed E-state index contributed by atoms with van der Waals surface area (Å²) >= 11 is 6.20. The van der Waals surface area contributed by atoms with Crippen LogP contribution < -0.4 is 10.6 Å². The fraction of sp³-hybridized carbons (Fsp3) is 0.462. The molecule has 1 saturated heterocycles. The summed E-state index contributed by atoms with van der Waals surface area (Å²) in [5.41, 5.74) is 2.45. The third-order valence-electron chi connectivity index (χ3n) is 3.73. The Balaban J connectivity index is 1.76. The van der Waals surface area contributed by atoms with Crippen LogP contribution >= 0.6 is 11.6 Å². The summed E-state index contributed by atoms with van der Waals surface area (Å²) in [4.78, 5) is 11.3. The van der Waals surface area contributed by atoms with Gasteiger partial charge < -0.3 is 10.6 Å². The Labute approximate surface area is 122 Å². The number of benzene rings is 1. The fourth-order valence-electron chi connectivity index (χ4n) is 2.61. The number of carbonyl (C=O) groups is 1. The summed E-state index contributed by atoms with van der Waals surface area (Å²) in [6.45, 7) is 0. The van der Waals surface area contributed by atoms with E-state index in [0.29, 0.717) is 24.3 Å². The lowest BCUT2D eigenvalue weighted by Crippen LogP contribution is -2.32. The molecule has 7 heteroatoms. The molecule has 0 radical (unpaired) electrons. The van der Waals surface area contributed by atoms with Gasteiger partial charge in [0.1, 0.15) is 9.84 Å². The van der Waals surface area contributed by atoms with Crippen LogP contribution in [0.3, 0.4) is 0 Å². The van der Waals surface area contributed by atoms with Crippen molar-refractivity contribution in [2.45, 2.75) is 25.3 Å². The molecule has 5 nitrogen and oxygen atoms in total. The second-order valence-corrected chi connectivity index (χ2v) is 8.00. The fourth-order valence-corrected chi connectivity index (χ4v) is 4.32. The quantitative estimate of drug-likeness (QED) is 0.873. The van der Waals surface area contributed by atoms with E-state index in [0.717, 1.165) is 16.9 Å². The zero-order valence-corrected chi connectivity index (χ0v) is 12.4. The summed E-state index contributed by atoms with van der Waals surface area (Å²) in [5.74, 6) is 0.401. The number of fused-ring (bicyclic) bond motifs is 1. The van der Waals surface area contributed by atoms with Crippen LogP contribution in [0.25, 0.3) is 0 Å². The Bertz CT molecular complexity index is 658. The number of carbonyl (C=O) groups excluding carboxylic acids is 1. The van der Waals surface area contributed by atoms with E-state index in [4.69, 9.17) is 11.6 Å². The standard InChI is InChI=1S/C13H15ClN2O3S/c14-10-7-11-8(6-13(17)16-11)5-12(10)15-9-1-3-20(18,19)4-2-9/h5,7,9,15H,1-4,6H2,(H,16,17). The molecule has 0 unspecified atom stereocenters. The maximum absolute atomic E-state index is 11.4. The van der Waals surface area contributed by atoms with Gasteiger partial charge in [-0.15, -0.1) is 0 Å². The Kier molecular flexibility index (Phi) is 3.38. The van der Waals surface area contributed by atoms with Gasteiger partial charge in [0.05, 0.1) is 28.6 Å². The van der Waals surface area contributed by atoms with Crippen molar-refractivity contribution in [1.29, 1.82) is 0 Å². The lowest BCUT2D eigenvalue weighted by Gasteiger charge is -2.24. The lowest BCUT2D eigenvalue weighted by molar-refractivity contribution is -0.115. The van der Waals surface area contributed by atoms with Crippen LogP contribution in [0.4, 0.5) is 11.4 Å². The summed E-state index contributed by atoms with van der Waals surface area (Å²) < 4.78 is 22.8. The zero-order chi connectivity index (χ0) is 14.3. The van der Waals surface area contributed by atoms with Crippen molar-refractivity contribution < 1.29 is 13.2 Å². The van der Waals surface area contributed by atoms with Crippen LogP contribution in [0.5, 0.6) is 0 Å². The van der Waals surface area contributed by atoms with Crippen molar-refractivity contribution in [3.05, 3.63) is 22.7 Å². The van der Waals surface area contributed by atoms with E-state index < -0.39 is 9.84 Å². The molecule has 2 N–H and O–H groups in total. The number of halogens is 1. The number of hydrogen-bond acceptors (Lipinski definition) is 4. The molecule has 0 atom stereocenters. The predicted octanol–water partition coefficient (Wildman–Crippen LogP) is 1.82. The van der Waals surface area contributed by atoms with Crippen molar-refractivity contribution in [1.82, 2.24) is 0 Å². The normalized spacial score (nSPS) is 21.4. The van der Waals surface area contributed by atoms with E-state index in [-0.39, 0.29) is 23.5 Å². The average Bonchev–Trinajstić information content (AvgIpc) is 2.71. The molecule has 1 amide bonds. The summed E-state index contributed by atoms with van der Waals surface area (Å²) in [7, 11) is -2.86. The zero-order valence-electron chi connectivity index (χ0n) is 10.8. The highest BCUT2D eigenvalue weighted by Gasteiger charge is 2.25. The van der Waals surface area contributed by atoms with Crippen LogP contribution in [0, 0.1) is 0 Å². The number of hydrogen-bond donors (Lipinski definition) is 2. The molecule has 0 aliphatic carbocycles. The highest BCUT2D eigenvalue weighted by Crippen LogP contribution is 2.33. The first kappa shape index (κ1) is 13.7. The van der Waals surface area contributed by atoms with Crippen molar-refractivity contribution >= 4 is 38.7 Å². The molecule has 1 aromatic carbocycles. The van der Waals surface area contributed by atoms with Crippen LogP contribution in [0.2, 0.25) is 5.02 Å². The van der Waals surface area contributed by atoms with Crippen LogP contribution in [-0.4, -0.2) is 31.9 Å². The van der Waals surface area contributed by atoms with Gasteiger partial charge >= 0.3 is 0 Å². The molecule has 20 heavy (non-hydrogen) atoms. The van der Waals surface area contributed by atoms with Crippen LogP contribution in [0.1, 0.15) is 18.4 Å². The van der Waals surface area contributed by atoms with Gasteiger partial charge in [0.2, 0.25) is 5.91 Å². The highest BCUT2D eigenvalue weighted by molar-refractivity contribution is 7.91. The molecule has 2 heterocycles. The van der Waals surface area contributed by atoms with Gasteiger partial charge in [-0.1, -0.05) is 11.6 Å². The highest BCUT2D eigenvalue weighted by atomic mass is 35.5. The van der Waals surface area contributed by atoms with Gasteiger partial charge in [0.15, 0.2) is 0 Å². The molecular formula is C13H15ClN2O3S. The van der Waals surface area contributed by atoms with Gasteiger partial charge in [-0.25, -0.2) is 8.42 Å². The maximum atomic E-state index is 11.4. The number of anilines is 2.